The van der Waals surface area contributed by atoms with Crippen molar-refractivity contribution in [2.45, 2.75) is 37.6 Å². The van der Waals surface area contributed by atoms with Gasteiger partial charge < -0.3 is 10.4 Å². The van der Waals surface area contributed by atoms with E-state index in [9.17, 15) is 23.2 Å². The fourth-order valence-electron chi connectivity index (χ4n) is 3.66. The Morgan fingerprint density at radius 2 is 1.79 bits per heavy atom. The Bertz CT molecular complexity index is 746. The van der Waals surface area contributed by atoms with Crippen molar-refractivity contribution in [2.24, 2.45) is 0 Å². The quantitative estimate of drug-likeness (QED) is 0.633. The number of amides is 2. The average molecular weight is 418 g/mol. The average Bonchev–Trinajstić information content (AvgIpc) is 2.58. The van der Waals surface area contributed by atoms with Crippen molar-refractivity contribution in [1.82, 2.24) is 10.2 Å². The third kappa shape index (κ3) is 5.17. The second-order valence-corrected chi connectivity index (χ2v) is 6.95. The van der Waals surface area contributed by atoms with Crippen molar-refractivity contribution in [3.8, 4) is 0 Å². The van der Waals surface area contributed by atoms with Gasteiger partial charge in [0.2, 0.25) is 11.8 Å². The molecule has 3 rings (SSSR count). The summed E-state index contributed by atoms with van der Waals surface area (Å²) in [6.45, 7) is 0.852. The van der Waals surface area contributed by atoms with E-state index in [4.69, 9.17) is 5.11 Å². The number of anilines is 1. The number of hydrogen-bond acceptors (Lipinski definition) is 5. The summed E-state index contributed by atoms with van der Waals surface area (Å²) in [7, 11) is 0. The van der Waals surface area contributed by atoms with Crippen molar-refractivity contribution in [3.63, 3.8) is 0 Å². The first-order valence-electron chi connectivity index (χ1n) is 8.87. The highest BCUT2D eigenvalue weighted by molar-refractivity contribution is 6.01. The highest BCUT2D eigenvalue weighted by Gasteiger charge is 2.29. The van der Waals surface area contributed by atoms with Crippen LogP contribution in [0, 0.1) is 11.6 Å². The van der Waals surface area contributed by atoms with E-state index in [1.807, 2.05) is 0 Å². The molecule has 10 heteroatoms. The predicted molar refractivity (Wildman–Crippen MR) is 99.5 cm³/mol. The Morgan fingerprint density at radius 3 is 2.32 bits per heavy atom. The molecule has 2 aliphatic heterocycles. The molecule has 0 spiro atoms. The second kappa shape index (κ2) is 9.29. The molecule has 1 atom stereocenters. The number of benzene rings is 1. The van der Waals surface area contributed by atoms with Crippen molar-refractivity contribution >= 4 is 35.9 Å². The number of imide groups is 1. The number of nitrogens with one attached hydrogen (secondary N) is 2. The molecule has 3 N–H and O–H groups in total. The highest BCUT2D eigenvalue weighted by Crippen LogP contribution is 2.33. The number of halogens is 3. The number of carboxylic acid groups (broad SMARTS) is 1. The molecular formula is C18H22ClF2N3O4. The van der Waals surface area contributed by atoms with Gasteiger partial charge in [0, 0.05) is 17.7 Å². The van der Waals surface area contributed by atoms with Gasteiger partial charge in [0.25, 0.3) is 0 Å². The Morgan fingerprint density at radius 1 is 1.18 bits per heavy atom. The standard InChI is InChI=1S/C18H21F2N3O4.ClH/c19-12-7-11(21-14-1-2-15(24)22-18(14)27)8-13(20)17(12)10-3-5-23(6-4-10)9-16(25)26;/h7-8,10,14,21H,1-6,9H2,(H,25,26)(H,22,24,27);1H. The van der Waals surface area contributed by atoms with Gasteiger partial charge in [0.15, 0.2) is 0 Å². The first-order valence-corrected chi connectivity index (χ1v) is 8.87. The number of rotatable bonds is 5. The minimum absolute atomic E-state index is 0. The van der Waals surface area contributed by atoms with E-state index in [2.05, 4.69) is 10.6 Å². The zero-order valence-electron chi connectivity index (χ0n) is 15.0. The summed E-state index contributed by atoms with van der Waals surface area (Å²) in [4.78, 5) is 35.4. The van der Waals surface area contributed by atoms with Crippen LogP contribution in [0.5, 0.6) is 0 Å². The Hall–Kier alpha value is -2.26. The Balaban J connectivity index is 0.00000280. The van der Waals surface area contributed by atoms with E-state index in [1.165, 1.54) is 0 Å². The van der Waals surface area contributed by atoms with Crippen molar-refractivity contribution in [3.05, 3.63) is 29.3 Å². The fourth-order valence-corrected chi connectivity index (χ4v) is 3.66. The van der Waals surface area contributed by atoms with Gasteiger partial charge in [0.1, 0.15) is 17.7 Å². The van der Waals surface area contributed by atoms with Gasteiger partial charge in [-0.1, -0.05) is 0 Å². The lowest BCUT2D eigenvalue weighted by Gasteiger charge is -2.31. The van der Waals surface area contributed by atoms with Crippen LogP contribution >= 0.6 is 12.4 Å². The topological polar surface area (TPSA) is 98.7 Å². The molecule has 0 bridgehead atoms. The van der Waals surface area contributed by atoms with Gasteiger partial charge >= 0.3 is 5.97 Å². The molecule has 2 amide bonds. The van der Waals surface area contributed by atoms with Gasteiger partial charge in [-0.2, -0.15) is 0 Å². The minimum atomic E-state index is -0.922. The molecule has 2 aliphatic rings. The molecule has 28 heavy (non-hydrogen) atoms. The van der Waals surface area contributed by atoms with E-state index in [0.29, 0.717) is 25.9 Å². The molecule has 7 nitrogen and oxygen atoms in total. The lowest BCUT2D eigenvalue weighted by molar-refractivity contribution is -0.138. The summed E-state index contributed by atoms with van der Waals surface area (Å²) in [5, 5.41) is 13.8. The fraction of sp³-hybridized carbons (Fsp3) is 0.500. The molecular weight excluding hydrogens is 396 g/mol. The summed E-state index contributed by atoms with van der Waals surface area (Å²) in [6.07, 6.45) is 1.38. The van der Waals surface area contributed by atoms with Crippen molar-refractivity contribution < 1.29 is 28.3 Å². The summed E-state index contributed by atoms with van der Waals surface area (Å²) in [6, 6.07) is 1.60. The summed E-state index contributed by atoms with van der Waals surface area (Å²) < 4.78 is 29.1. The number of aliphatic carboxylic acids is 1. The maximum atomic E-state index is 14.6. The Kier molecular flexibility index (Phi) is 7.31. The molecule has 2 saturated heterocycles. The van der Waals surface area contributed by atoms with E-state index in [1.54, 1.807) is 4.90 Å². The van der Waals surface area contributed by atoms with Gasteiger partial charge in [0.05, 0.1) is 6.54 Å². The number of carbonyl (C=O) groups excluding carboxylic acids is 2. The molecule has 1 aromatic carbocycles. The zero-order valence-corrected chi connectivity index (χ0v) is 15.9. The van der Waals surface area contributed by atoms with Crippen LogP contribution in [-0.2, 0) is 14.4 Å². The predicted octanol–water partition coefficient (Wildman–Crippen LogP) is 1.87. The monoisotopic (exact) mass is 417 g/mol. The zero-order chi connectivity index (χ0) is 19.6. The number of carboxylic acids is 1. The van der Waals surface area contributed by atoms with Crippen LogP contribution in [0.3, 0.4) is 0 Å². The van der Waals surface area contributed by atoms with Crippen LogP contribution < -0.4 is 10.6 Å². The molecule has 0 radical (unpaired) electrons. The SMILES string of the molecule is Cl.O=C(O)CN1CCC(c2c(F)cc(NC3CCC(=O)NC3=O)cc2F)CC1. The maximum absolute atomic E-state index is 14.6. The van der Waals surface area contributed by atoms with E-state index in [-0.39, 0.29) is 54.9 Å². The minimum Gasteiger partial charge on any atom is -0.480 e. The van der Waals surface area contributed by atoms with Gasteiger partial charge in [-0.25, -0.2) is 8.78 Å². The maximum Gasteiger partial charge on any atom is 0.317 e. The molecule has 0 aliphatic carbocycles. The molecule has 154 valence electrons. The second-order valence-electron chi connectivity index (χ2n) is 6.95. The van der Waals surface area contributed by atoms with E-state index >= 15 is 0 Å². The molecule has 1 aromatic rings. The largest absolute Gasteiger partial charge is 0.480 e. The summed E-state index contributed by atoms with van der Waals surface area (Å²) in [5.41, 5.74) is 0.144. The van der Waals surface area contributed by atoms with Crippen LogP contribution in [0.1, 0.15) is 37.2 Å². The number of hydrogen-bond donors (Lipinski definition) is 3. The summed E-state index contributed by atoms with van der Waals surface area (Å²) >= 11 is 0. The molecule has 0 saturated carbocycles. The number of nitrogens with zero attached hydrogens (tertiary/aromatic N) is 1. The van der Waals surface area contributed by atoms with E-state index < -0.39 is 29.6 Å². The normalized spacial score (nSPS) is 21.0. The van der Waals surface area contributed by atoms with Gasteiger partial charge in [-0.15, -0.1) is 12.4 Å². The van der Waals surface area contributed by atoms with Crippen LogP contribution in [0.15, 0.2) is 12.1 Å². The van der Waals surface area contributed by atoms with Crippen molar-refractivity contribution in [2.75, 3.05) is 25.0 Å². The molecule has 2 heterocycles. The third-order valence-electron chi connectivity index (χ3n) is 5.01. The van der Waals surface area contributed by atoms with Crippen molar-refractivity contribution in [1.29, 1.82) is 0 Å². The van der Waals surface area contributed by atoms with Crippen LogP contribution in [-0.4, -0.2) is 53.5 Å². The Labute approximate surface area is 166 Å². The lowest BCUT2D eigenvalue weighted by Crippen LogP contribution is -2.47. The highest BCUT2D eigenvalue weighted by atomic mass is 35.5. The first-order chi connectivity index (χ1) is 12.8. The summed E-state index contributed by atoms with van der Waals surface area (Å²) in [5.74, 6) is -3.50. The number of piperidine rings is 2. The number of carbonyl (C=O) groups is 3. The lowest BCUT2D eigenvalue weighted by atomic mass is 9.88. The van der Waals surface area contributed by atoms with Gasteiger partial charge in [-0.05, 0) is 50.4 Å². The smallest absolute Gasteiger partial charge is 0.317 e. The molecule has 0 aromatic heterocycles. The molecule has 2 fully saturated rings. The van der Waals surface area contributed by atoms with E-state index in [0.717, 1.165) is 12.1 Å². The first kappa shape index (κ1) is 22.0. The van der Waals surface area contributed by atoms with Crippen LogP contribution in [0.2, 0.25) is 0 Å². The molecule has 1 unspecified atom stereocenters. The van der Waals surface area contributed by atoms with Gasteiger partial charge in [-0.3, -0.25) is 24.6 Å². The number of likely N-dealkylation sites (tertiary alicyclic amines) is 1. The van der Waals surface area contributed by atoms with Crippen LogP contribution in [0.4, 0.5) is 14.5 Å². The van der Waals surface area contributed by atoms with Crippen LogP contribution in [0.25, 0.3) is 0 Å². The third-order valence-corrected chi connectivity index (χ3v) is 5.01.